The van der Waals surface area contributed by atoms with Crippen molar-refractivity contribution in [2.24, 2.45) is 0 Å². The Morgan fingerprint density at radius 2 is 1.86 bits per heavy atom. The average Bonchev–Trinajstić information content (AvgIpc) is 3.01. The van der Waals surface area contributed by atoms with E-state index in [0.29, 0.717) is 12.2 Å². The van der Waals surface area contributed by atoms with Crippen LogP contribution in [-0.2, 0) is 11.2 Å². The molecule has 1 aliphatic heterocycles. The number of halogens is 1. The summed E-state index contributed by atoms with van der Waals surface area (Å²) in [6.07, 6.45) is 10.5. The van der Waals surface area contributed by atoms with E-state index in [-0.39, 0.29) is 5.54 Å². The second kappa shape index (κ2) is 6.57. The summed E-state index contributed by atoms with van der Waals surface area (Å²) < 4.78 is 0.963. The van der Waals surface area contributed by atoms with E-state index in [1.54, 1.807) is 6.20 Å². The molecule has 1 aliphatic carbocycles. The molecule has 3 rings (SSSR count). The van der Waals surface area contributed by atoms with Crippen molar-refractivity contribution in [1.82, 2.24) is 9.88 Å². The second-order valence-corrected chi connectivity index (χ2v) is 7.27. The minimum absolute atomic E-state index is 0.185. The fourth-order valence-electron chi connectivity index (χ4n) is 3.89. The molecule has 2 fully saturated rings. The van der Waals surface area contributed by atoms with Gasteiger partial charge in [0.25, 0.3) is 0 Å². The maximum absolute atomic E-state index is 13.0. The van der Waals surface area contributed by atoms with E-state index in [0.717, 1.165) is 36.1 Å². The Labute approximate surface area is 135 Å². The number of likely N-dealkylation sites (tertiary alicyclic amines) is 1. The first-order chi connectivity index (χ1) is 10.2. The molecule has 1 saturated carbocycles. The van der Waals surface area contributed by atoms with Crippen LogP contribution in [0, 0.1) is 0 Å². The van der Waals surface area contributed by atoms with Gasteiger partial charge < -0.3 is 0 Å². The summed E-state index contributed by atoms with van der Waals surface area (Å²) in [5.74, 6) is 0.386. The van der Waals surface area contributed by atoms with Crippen LogP contribution in [0.15, 0.2) is 22.8 Å². The van der Waals surface area contributed by atoms with Crippen LogP contribution >= 0.6 is 15.9 Å². The lowest BCUT2D eigenvalue weighted by Crippen LogP contribution is -2.55. The molecule has 0 spiro atoms. The van der Waals surface area contributed by atoms with Crippen molar-refractivity contribution < 1.29 is 4.79 Å². The maximum atomic E-state index is 13.0. The zero-order valence-electron chi connectivity index (χ0n) is 12.5. The third kappa shape index (κ3) is 3.21. The van der Waals surface area contributed by atoms with Gasteiger partial charge in [-0.1, -0.05) is 19.3 Å². The predicted octanol–water partition coefficient (Wildman–Crippen LogP) is 3.75. The molecule has 4 heteroatoms. The molecule has 0 unspecified atom stereocenters. The minimum atomic E-state index is -0.185. The third-order valence-corrected chi connectivity index (χ3v) is 5.51. The molecule has 114 valence electrons. The Morgan fingerprint density at radius 1 is 1.14 bits per heavy atom. The average molecular weight is 351 g/mol. The Kier molecular flexibility index (Phi) is 4.75. The number of aromatic nitrogens is 1. The summed E-state index contributed by atoms with van der Waals surface area (Å²) in [7, 11) is 0. The molecule has 0 amide bonds. The second-order valence-electron chi connectivity index (χ2n) is 6.35. The number of Topliss-reactive ketones (excluding diaryl/α,β-unsaturated/α-hetero) is 1. The van der Waals surface area contributed by atoms with Crippen LogP contribution < -0.4 is 0 Å². The van der Waals surface area contributed by atoms with Gasteiger partial charge in [0.15, 0.2) is 5.78 Å². The van der Waals surface area contributed by atoms with Gasteiger partial charge in [0, 0.05) is 16.4 Å². The van der Waals surface area contributed by atoms with Gasteiger partial charge in [-0.3, -0.25) is 14.7 Å². The summed E-state index contributed by atoms with van der Waals surface area (Å²) in [5, 5.41) is 0. The van der Waals surface area contributed by atoms with Crippen LogP contribution in [0.2, 0.25) is 0 Å². The molecular weight excluding hydrogens is 328 g/mol. The molecule has 0 atom stereocenters. The van der Waals surface area contributed by atoms with Crippen molar-refractivity contribution in [3.05, 3.63) is 28.5 Å². The maximum Gasteiger partial charge on any atom is 0.159 e. The predicted molar refractivity (Wildman–Crippen MR) is 87.3 cm³/mol. The zero-order valence-corrected chi connectivity index (χ0v) is 14.1. The lowest BCUT2D eigenvalue weighted by molar-refractivity contribution is -0.131. The first-order valence-corrected chi connectivity index (χ1v) is 8.89. The fourth-order valence-corrected chi connectivity index (χ4v) is 4.13. The minimum Gasteiger partial charge on any atom is -0.297 e. The fraction of sp³-hybridized carbons (Fsp3) is 0.647. The number of hydrogen-bond donors (Lipinski definition) is 0. The van der Waals surface area contributed by atoms with Gasteiger partial charge in [0.05, 0.1) is 12.0 Å². The number of hydrogen-bond acceptors (Lipinski definition) is 3. The molecule has 1 saturated heterocycles. The standard InChI is InChI=1S/C17H23BrN2O/c18-14-6-7-15(19-13-14)12-16(21)17(8-2-3-9-17)20-10-4-1-5-11-20/h6-7,13H,1-5,8-12H2. The van der Waals surface area contributed by atoms with E-state index in [4.69, 9.17) is 0 Å². The van der Waals surface area contributed by atoms with E-state index in [1.807, 2.05) is 12.1 Å². The molecule has 0 N–H and O–H groups in total. The number of piperidine rings is 1. The monoisotopic (exact) mass is 350 g/mol. The van der Waals surface area contributed by atoms with Crippen LogP contribution in [0.1, 0.15) is 50.6 Å². The van der Waals surface area contributed by atoms with Crippen molar-refractivity contribution in [1.29, 1.82) is 0 Å². The topological polar surface area (TPSA) is 33.2 Å². The smallest absolute Gasteiger partial charge is 0.159 e. The highest BCUT2D eigenvalue weighted by atomic mass is 79.9. The van der Waals surface area contributed by atoms with Crippen molar-refractivity contribution in [3.8, 4) is 0 Å². The Bertz CT molecular complexity index is 488. The van der Waals surface area contributed by atoms with E-state index in [9.17, 15) is 4.79 Å². The van der Waals surface area contributed by atoms with Gasteiger partial charge in [-0.05, 0) is 66.8 Å². The molecule has 3 nitrogen and oxygen atoms in total. The molecule has 0 bridgehead atoms. The molecular formula is C17H23BrN2O. The van der Waals surface area contributed by atoms with E-state index >= 15 is 0 Å². The summed E-state index contributed by atoms with van der Waals surface area (Å²) >= 11 is 3.40. The SMILES string of the molecule is O=C(Cc1ccc(Br)cn1)C1(N2CCCCC2)CCCC1. The quantitative estimate of drug-likeness (QED) is 0.828. The van der Waals surface area contributed by atoms with Crippen LogP contribution in [0.5, 0.6) is 0 Å². The number of rotatable bonds is 4. The molecule has 2 aliphatic rings. The summed E-state index contributed by atoms with van der Waals surface area (Å²) in [5.41, 5.74) is 0.710. The van der Waals surface area contributed by atoms with Crippen molar-refractivity contribution in [3.63, 3.8) is 0 Å². The highest BCUT2D eigenvalue weighted by molar-refractivity contribution is 9.10. The first-order valence-electron chi connectivity index (χ1n) is 8.09. The first kappa shape index (κ1) is 15.2. The van der Waals surface area contributed by atoms with E-state index < -0.39 is 0 Å². The molecule has 1 aromatic heterocycles. The normalized spacial score (nSPS) is 22.3. The third-order valence-electron chi connectivity index (χ3n) is 5.04. The number of pyridine rings is 1. The van der Waals surface area contributed by atoms with Gasteiger partial charge >= 0.3 is 0 Å². The Balaban J connectivity index is 1.76. The van der Waals surface area contributed by atoms with E-state index in [1.165, 1.54) is 32.1 Å². The number of nitrogens with zero attached hydrogens (tertiary/aromatic N) is 2. The van der Waals surface area contributed by atoms with Crippen molar-refractivity contribution >= 4 is 21.7 Å². The van der Waals surface area contributed by atoms with Crippen LogP contribution in [-0.4, -0.2) is 34.3 Å². The lowest BCUT2D eigenvalue weighted by atomic mass is 9.85. The zero-order chi connectivity index (χ0) is 14.7. The molecule has 0 aromatic carbocycles. The number of carbonyl (C=O) groups is 1. The van der Waals surface area contributed by atoms with Crippen molar-refractivity contribution in [2.45, 2.75) is 56.9 Å². The largest absolute Gasteiger partial charge is 0.297 e. The summed E-state index contributed by atoms with van der Waals surface area (Å²) in [4.78, 5) is 19.9. The number of carbonyl (C=O) groups excluding carboxylic acids is 1. The summed E-state index contributed by atoms with van der Waals surface area (Å²) in [6.45, 7) is 2.19. The molecule has 1 aromatic rings. The van der Waals surface area contributed by atoms with Crippen molar-refractivity contribution in [2.75, 3.05) is 13.1 Å². The van der Waals surface area contributed by atoms with Gasteiger partial charge in [-0.25, -0.2) is 0 Å². The molecule has 21 heavy (non-hydrogen) atoms. The molecule has 2 heterocycles. The lowest BCUT2D eigenvalue weighted by Gasteiger charge is -2.42. The summed E-state index contributed by atoms with van der Waals surface area (Å²) in [6, 6.07) is 3.93. The highest BCUT2D eigenvalue weighted by Gasteiger charge is 2.45. The van der Waals surface area contributed by atoms with Gasteiger partial charge in [-0.15, -0.1) is 0 Å². The van der Waals surface area contributed by atoms with E-state index in [2.05, 4.69) is 25.8 Å². The number of ketones is 1. The van der Waals surface area contributed by atoms with Crippen LogP contribution in [0.3, 0.4) is 0 Å². The Hall–Kier alpha value is -0.740. The Morgan fingerprint density at radius 3 is 2.48 bits per heavy atom. The van der Waals surface area contributed by atoms with Gasteiger partial charge in [0.1, 0.15) is 0 Å². The van der Waals surface area contributed by atoms with Gasteiger partial charge in [-0.2, -0.15) is 0 Å². The van der Waals surface area contributed by atoms with Gasteiger partial charge in [0.2, 0.25) is 0 Å². The highest BCUT2D eigenvalue weighted by Crippen LogP contribution is 2.38. The van der Waals surface area contributed by atoms with Crippen LogP contribution in [0.25, 0.3) is 0 Å². The van der Waals surface area contributed by atoms with Crippen LogP contribution in [0.4, 0.5) is 0 Å². The molecule has 0 radical (unpaired) electrons.